The molecule has 14 heteroatoms. The molecule has 1 aromatic carbocycles. The predicted molar refractivity (Wildman–Crippen MR) is 154 cm³/mol. The molecule has 0 aliphatic rings. The van der Waals surface area contributed by atoms with Gasteiger partial charge in [-0.2, -0.15) is 5.10 Å². The highest BCUT2D eigenvalue weighted by Crippen LogP contribution is 2.34. The number of aromatic amines is 2. The zero-order valence-corrected chi connectivity index (χ0v) is 23.4. The molecular formula is C28H25F2N9O2S. The quantitative estimate of drug-likeness (QED) is 0.197. The van der Waals surface area contributed by atoms with Crippen molar-refractivity contribution in [3.63, 3.8) is 0 Å². The molecular weight excluding hydrogens is 564 g/mol. The Balaban J connectivity index is 1.42. The number of sulfonamides is 1. The molecule has 0 bridgehead atoms. The monoisotopic (exact) mass is 589 g/mol. The zero-order chi connectivity index (χ0) is 29.4. The van der Waals surface area contributed by atoms with E-state index in [4.69, 9.17) is 0 Å². The van der Waals surface area contributed by atoms with Crippen LogP contribution in [0.5, 0.6) is 0 Å². The first-order valence-electron chi connectivity index (χ1n) is 13.0. The van der Waals surface area contributed by atoms with E-state index in [1.807, 2.05) is 13.0 Å². The lowest BCUT2D eigenvalue weighted by Crippen LogP contribution is -2.21. The Hall–Kier alpha value is -4.66. The highest BCUT2D eigenvalue weighted by atomic mass is 32.2. The van der Waals surface area contributed by atoms with Gasteiger partial charge in [0.05, 0.1) is 22.9 Å². The topological polar surface area (TPSA) is 154 Å². The third-order valence-corrected chi connectivity index (χ3v) is 7.27. The van der Waals surface area contributed by atoms with Crippen molar-refractivity contribution in [2.75, 3.05) is 12.8 Å². The summed E-state index contributed by atoms with van der Waals surface area (Å²) in [6.07, 6.45) is 7.31. The van der Waals surface area contributed by atoms with Gasteiger partial charge in [0.2, 0.25) is 10.0 Å². The molecule has 0 saturated heterocycles. The normalized spacial score (nSPS) is 12.0. The Kier molecular flexibility index (Phi) is 7.18. The third-order valence-electron chi connectivity index (χ3n) is 6.61. The van der Waals surface area contributed by atoms with Crippen LogP contribution in [-0.4, -0.2) is 56.3 Å². The maximum absolute atomic E-state index is 16.1. The van der Waals surface area contributed by atoms with Crippen molar-refractivity contribution in [2.24, 2.45) is 0 Å². The fraction of sp³-hybridized carbons (Fsp3) is 0.179. The maximum Gasteiger partial charge on any atom is 0.209 e. The molecule has 0 unspecified atom stereocenters. The number of hydrogen-bond acceptors (Lipinski definition) is 8. The molecule has 42 heavy (non-hydrogen) atoms. The minimum Gasteiger partial charge on any atom is -0.336 e. The van der Waals surface area contributed by atoms with Crippen molar-refractivity contribution in [3.05, 3.63) is 77.9 Å². The minimum atomic E-state index is -3.48. The fourth-order valence-corrected chi connectivity index (χ4v) is 5.12. The number of nitrogens with one attached hydrogen (secondary N) is 4. The molecule has 0 spiro atoms. The summed E-state index contributed by atoms with van der Waals surface area (Å²) in [5, 5.41) is 10.5. The minimum absolute atomic E-state index is 0.0905. The van der Waals surface area contributed by atoms with Crippen LogP contribution < -0.4 is 10.0 Å². The van der Waals surface area contributed by atoms with E-state index in [-0.39, 0.29) is 34.7 Å². The molecule has 0 amide bonds. The summed E-state index contributed by atoms with van der Waals surface area (Å²) in [5.74, 6) is -0.828. The van der Waals surface area contributed by atoms with Gasteiger partial charge in [0.15, 0.2) is 11.5 Å². The van der Waals surface area contributed by atoms with Crippen LogP contribution >= 0.6 is 0 Å². The third kappa shape index (κ3) is 5.46. The number of benzene rings is 1. The number of fused-ring (bicyclic) bond motifs is 2. The van der Waals surface area contributed by atoms with Gasteiger partial charge < -0.3 is 10.3 Å². The van der Waals surface area contributed by atoms with Crippen LogP contribution in [-0.2, 0) is 23.1 Å². The zero-order valence-electron chi connectivity index (χ0n) is 22.5. The molecule has 0 aliphatic carbocycles. The highest BCUT2D eigenvalue weighted by Gasteiger charge is 2.22. The second kappa shape index (κ2) is 11.0. The van der Waals surface area contributed by atoms with Crippen molar-refractivity contribution in [2.45, 2.75) is 20.0 Å². The first-order chi connectivity index (χ1) is 20.2. The lowest BCUT2D eigenvalue weighted by molar-refractivity contribution is 0.586. The molecule has 4 N–H and O–H groups in total. The number of pyridine rings is 3. The predicted octanol–water partition coefficient (Wildman–Crippen LogP) is 4.06. The summed E-state index contributed by atoms with van der Waals surface area (Å²) in [5.41, 5.74) is 4.35. The average molecular weight is 590 g/mol. The standard InChI is InChI=1S/C28H25F2N9O2S/c1-3-31-10-16-7-18(13-32-11-16)20-14-34-27-22(23(20)30)26(38-39-27)28-36-21-4-5-33-24(25(21)37-28)17-6-15(8-19(29)9-17)12-35-42(2,40)41/h4-9,11,13-14,31,35H,3,10,12H2,1-2H3,(H,36,37)(H,34,38,39). The van der Waals surface area contributed by atoms with E-state index in [0.29, 0.717) is 40.0 Å². The largest absolute Gasteiger partial charge is 0.336 e. The average Bonchev–Trinajstić information content (AvgIpc) is 3.59. The van der Waals surface area contributed by atoms with Gasteiger partial charge in [-0.15, -0.1) is 0 Å². The summed E-state index contributed by atoms with van der Waals surface area (Å²) < 4.78 is 56.0. The molecule has 0 aliphatic heterocycles. The van der Waals surface area contributed by atoms with E-state index in [9.17, 15) is 12.8 Å². The Bertz CT molecular complexity index is 2060. The number of aromatic nitrogens is 7. The van der Waals surface area contributed by atoms with Gasteiger partial charge in [0.25, 0.3) is 0 Å². The van der Waals surface area contributed by atoms with Gasteiger partial charge in [0, 0.05) is 54.6 Å². The summed E-state index contributed by atoms with van der Waals surface area (Å²) in [6.45, 7) is 3.30. The van der Waals surface area contributed by atoms with E-state index in [0.717, 1.165) is 18.4 Å². The van der Waals surface area contributed by atoms with E-state index in [1.54, 1.807) is 24.5 Å². The molecule has 0 radical (unpaired) electrons. The van der Waals surface area contributed by atoms with Gasteiger partial charge in [-0.25, -0.2) is 31.9 Å². The van der Waals surface area contributed by atoms with Gasteiger partial charge in [-0.1, -0.05) is 6.92 Å². The number of H-pyrrole nitrogens is 2. The molecule has 5 heterocycles. The van der Waals surface area contributed by atoms with Crippen LogP contribution in [0.1, 0.15) is 18.1 Å². The molecule has 6 rings (SSSR count). The van der Waals surface area contributed by atoms with Gasteiger partial charge in [-0.05, 0) is 48.0 Å². The van der Waals surface area contributed by atoms with E-state index in [2.05, 4.69) is 45.2 Å². The first kappa shape index (κ1) is 27.5. The van der Waals surface area contributed by atoms with Crippen molar-refractivity contribution >= 4 is 32.1 Å². The lowest BCUT2D eigenvalue weighted by Gasteiger charge is -2.07. The van der Waals surface area contributed by atoms with Gasteiger partial charge >= 0.3 is 0 Å². The van der Waals surface area contributed by atoms with Crippen LogP contribution in [0, 0.1) is 11.6 Å². The Morgan fingerprint density at radius 1 is 0.952 bits per heavy atom. The van der Waals surface area contributed by atoms with Crippen molar-refractivity contribution in [3.8, 4) is 33.9 Å². The molecule has 5 aromatic heterocycles. The summed E-state index contributed by atoms with van der Waals surface area (Å²) in [7, 11) is -3.48. The number of hydrogen-bond donors (Lipinski definition) is 4. The Morgan fingerprint density at radius 3 is 2.60 bits per heavy atom. The number of nitrogens with zero attached hydrogens (tertiary/aromatic N) is 5. The number of imidazole rings is 1. The van der Waals surface area contributed by atoms with Crippen LogP contribution in [0.2, 0.25) is 0 Å². The maximum atomic E-state index is 16.1. The highest BCUT2D eigenvalue weighted by molar-refractivity contribution is 7.88. The van der Waals surface area contributed by atoms with E-state index < -0.39 is 21.7 Å². The van der Waals surface area contributed by atoms with Crippen molar-refractivity contribution in [1.82, 2.24) is 45.2 Å². The fourth-order valence-electron chi connectivity index (χ4n) is 4.69. The molecule has 0 fully saturated rings. The van der Waals surface area contributed by atoms with Crippen molar-refractivity contribution in [1.29, 1.82) is 0 Å². The van der Waals surface area contributed by atoms with Crippen LogP contribution in [0.3, 0.4) is 0 Å². The SMILES string of the molecule is CCNCc1cncc(-c2cnc3[nH]nc(-c4nc5c(-c6cc(F)cc(CNS(C)(=O)=O)c6)nccc5[nH]4)c3c2F)c1. The van der Waals surface area contributed by atoms with Crippen LogP contribution in [0.25, 0.3) is 56.0 Å². The summed E-state index contributed by atoms with van der Waals surface area (Å²) >= 11 is 0. The van der Waals surface area contributed by atoms with Gasteiger partial charge in [0.1, 0.15) is 22.8 Å². The summed E-state index contributed by atoms with van der Waals surface area (Å²) in [4.78, 5) is 20.9. The molecule has 6 aromatic rings. The van der Waals surface area contributed by atoms with E-state index in [1.165, 1.54) is 24.5 Å². The molecule has 0 saturated carbocycles. The second-order valence-corrected chi connectivity index (χ2v) is 11.6. The van der Waals surface area contributed by atoms with Gasteiger partial charge in [-0.3, -0.25) is 15.1 Å². The van der Waals surface area contributed by atoms with Crippen LogP contribution in [0.15, 0.2) is 55.1 Å². The molecule has 0 atom stereocenters. The smallest absolute Gasteiger partial charge is 0.209 e. The van der Waals surface area contributed by atoms with Crippen molar-refractivity contribution < 1.29 is 17.2 Å². The second-order valence-electron chi connectivity index (χ2n) is 9.73. The first-order valence-corrected chi connectivity index (χ1v) is 14.9. The summed E-state index contributed by atoms with van der Waals surface area (Å²) in [6, 6.07) is 7.72. The molecule has 214 valence electrons. The Morgan fingerprint density at radius 2 is 1.79 bits per heavy atom. The van der Waals surface area contributed by atoms with E-state index >= 15 is 4.39 Å². The molecule has 11 nitrogen and oxygen atoms in total. The van der Waals surface area contributed by atoms with Crippen LogP contribution in [0.4, 0.5) is 8.78 Å². The lowest BCUT2D eigenvalue weighted by atomic mass is 10.1. The number of rotatable bonds is 9. The number of halogens is 2. The Labute approximate surface area is 238 Å².